The van der Waals surface area contributed by atoms with Gasteiger partial charge >= 0.3 is 0 Å². The first-order valence-corrected chi connectivity index (χ1v) is 5.88. The number of likely N-dealkylation sites (N-methyl/N-ethyl adjacent to an activating group) is 1. The van der Waals surface area contributed by atoms with Crippen LogP contribution in [0.15, 0.2) is 0 Å². The van der Waals surface area contributed by atoms with Crippen LogP contribution in [0.3, 0.4) is 0 Å². The van der Waals surface area contributed by atoms with Crippen LogP contribution in [0.25, 0.3) is 0 Å². The molecule has 0 heterocycles. The lowest BCUT2D eigenvalue weighted by atomic mass is 10.0. The highest BCUT2D eigenvalue weighted by Gasteiger charge is 2.32. The molecule has 0 radical (unpaired) electrons. The van der Waals surface area contributed by atoms with Crippen LogP contribution in [0.5, 0.6) is 0 Å². The fourth-order valence-electron chi connectivity index (χ4n) is 2.19. The fourth-order valence-corrected chi connectivity index (χ4v) is 2.19. The maximum Gasteiger partial charge on any atom is 0.252 e. The highest BCUT2D eigenvalue weighted by molar-refractivity contribution is 5.81. The van der Waals surface area contributed by atoms with Gasteiger partial charge in [-0.05, 0) is 19.9 Å². The Morgan fingerprint density at radius 3 is 2.41 bits per heavy atom. The van der Waals surface area contributed by atoms with Crippen molar-refractivity contribution in [3.8, 4) is 0 Å². The van der Waals surface area contributed by atoms with Gasteiger partial charge in [0.1, 0.15) is 0 Å². The van der Waals surface area contributed by atoms with Gasteiger partial charge in [-0.3, -0.25) is 25.3 Å². The minimum Gasteiger partial charge on any atom is -0.389 e. The molecule has 6 nitrogen and oxygen atoms in total. The van der Waals surface area contributed by atoms with E-state index in [9.17, 15) is 14.7 Å². The molecule has 0 spiro atoms. The lowest BCUT2D eigenvalue weighted by Gasteiger charge is -2.28. The maximum atomic E-state index is 11.4. The van der Waals surface area contributed by atoms with Gasteiger partial charge in [-0.15, -0.1) is 0 Å². The standard InChI is InChI=1S/C11H21N3O3/c1-9(15)12-13-10(16)7-14(2)8-11(17)5-3-4-6-11/h17H,3-8H2,1-2H3,(H,12,15)(H,13,16). The van der Waals surface area contributed by atoms with Crippen molar-refractivity contribution in [1.29, 1.82) is 0 Å². The van der Waals surface area contributed by atoms with Gasteiger partial charge in [0, 0.05) is 13.5 Å². The van der Waals surface area contributed by atoms with Crippen molar-refractivity contribution in [2.75, 3.05) is 20.1 Å². The second-order valence-electron chi connectivity index (χ2n) is 4.83. The van der Waals surface area contributed by atoms with Crippen molar-refractivity contribution in [3.63, 3.8) is 0 Å². The molecule has 0 atom stereocenters. The highest BCUT2D eigenvalue weighted by atomic mass is 16.3. The molecular formula is C11H21N3O3. The van der Waals surface area contributed by atoms with Gasteiger partial charge in [-0.25, -0.2) is 0 Å². The molecule has 17 heavy (non-hydrogen) atoms. The van der Waals surface area contributed by atoms with Gasteiger partial charge < -0.3 is 5.11 Å². The average Bonchev–Trinajstić information content (AvgIpc) is 2.61. The predicted octanol–water partition coefficient (Wildman–Crippen LogP) is -0.609. The number of amides is 2. The number of carbonyl (C=O) groups excluding carboxylic acids is 2. The van der Waals surface area contributed by atoms with Crippen LogP contribution in [-0.2, 0) is 9.59 Å². The van der Waals surface area contributed by atoms with Crippen molar-refractivity contribution >= 4 is 11.8 Å². The second-order valence-corrected chi connectivity index (χ2v) is 4.83. The molecule has 3 N–H and O–H groups in total. The van der Waals surface area contributed by atoms with E-state index in [2.05, 4.69) is 10.9 Å². The number of nitrogens with one attached hydrogen (secondary N) is 2. The van der Waals surface area contributed by atoms with E-state index in [1.54, 1.807) is 11.9 Å². The molecule has 0 aromatic carbocycles. The van der Waals surface area contributed by atoms with E-state index in [0.29, 0.717) is 6.54 Å². The molecule has 0 aliphatic heterocycles. The van der Waals surface area contributed by atoms with E-state index in [1.165, 1.54) is 6.92 Å². The lowest BCUT2D eigenvalue weighted by Crippen LogP contribution is -2.47. The molecule has 0 aromatic rings. The summed E-state index contributed by atoms with van der Waals surface area (Å²) >= 11 is 0. The SMILES string of the molecule is CC(=O)NNC(=O)CN(C)CC1(O)CCCC1. The molecule has 2 amide bonds. The minimum absolute atomic E-state index is 0.155. The third-order valence-electron chi connectivity index (χ3n) is 2.89. The maximum absolute atomic E-state index is 11.4. The van der Waals surface area contributed by atoms with Gasteiger partial charge in [0.25, 0.3) is 5.91 Å². The summed E-state index contributed by atoms with van der Waals surface area (Å²) in [6.07, 6.45) is 3.68. The number of hydrazine groups is 1. The molecule has 0 bridgehead atoms. The summed E-state index contributed by atoms with van der Waals surface area (Å²) in [5, 5.41) is 10.1. The Morgan fingerprint density at radius 1 is 1.29 bits per heavy atom. The van der Waals surface area contributed by atoms with Crippen LogP contribution < -0.4 is 10.9 Å². The number of aliphatic hydroxyl groups is 1. The number of rotatable bonds is 4. The van der Waals surface area contributed by atoms with Crippen LogP contribution in [0.1, 0.15) is 32.6 Å². The summed E-state index contributed by atoms with van der Waals surface area (Å²) in [6.45, 7) is 1.97. The van der Waals surface area contributed by atoms with Gasteiger partial charge in [0.15, 0.2) is 0 Å². The van der Waals surface area contributed by atoms with E-state index in [0.717, 1.165) is 25.7 Å². The third-order valence-corrected chi connectivity index (χ3v) is 2.89. The van der Waals surface area contributed by atoms with Crippen LogP contribution in [0.2, 0.25) is 0 Å². The molecular weight excluding hydrogens is 222 g/mol. The number of hydrogen-bond donors (Lipinski definition) is 3. The molecule has 98 valence electrons. The summed E-state index contributed by atoms with van der Waals surface area (Å²) in [5.41, 5.74) is 3.87. The van der Waals surface area contributed by atoms with Crippen molar-refractivity contribution < 1.29 is 14.7 Å². The largest absolute Gasteiger partial charge is 0.389 e. The van der Waals surface area contributed by atoms with Crippen molar-refractivity contribution in [2.24, 2.45) is 0 Å². The first-order valence-electron chi connectivity index (χ1n) is 5.88. The number of nitrogens with zero attached hydrogens (tertiary/aromatic N) is 1. The lowest BCUT2D eigenvalue weighted by molar-refractivity contribution is -0.128. The van der Waals surface area contributed by atoms with E-state index in [1.807, 2.05) is 0 Å². The first kappa shape index (κ1) is 13.9. The summed E-state index contributed by atoms with van der Waals surface area (Å²) in [4.78, 5) is 23.7. The molecule has 0 saturated heterocycles. The number of hydrogen-bond acceptors (Lipinski definition) is 4. The quantitative estimate of drug-likeness (QED) is 0.575. The summed E-state index contributed by atoms with van der Waals surface area (Å²) in [5.74, 6) is -0.597. The Labute approximate surface area is 101 Å². The van der Waals surface area contributed by atoms with E-state index < -0.39 is 5.60 Å². The van der Waals surface area contributed by atoms with Gasteiger partial charge in [-0.1, -0.05) is 12.8 Å². The van der Waals surface area contributed by atoms with Gasteiger partial charge in [-0.2, -0.15) is 0 Å². The van der Waals surface area contributed by atoms with E-state index in [4.69, 9.17) is 0 Å². The summed E-state index contributed by atoms with van der Waals surface area (Å²) in [6, 6.07) is 0. The first-order chi connectivity index (χ1) is 7.91. The van der Waals surface area contributed by atoms with Crippen molar-refractivity contribution in [2.45, 2.75) is 38.2 Å². The second kappa shape index (κ2) is 5.97. The molecule has 1 saturated carbocycles. The summed E-state index contributed by atoms with van der Waals surface area (Å²) in [7, 11) is 1.78. The molecule has 0 aromatic heterocycles. The zero-order valence-electron chi connectivity index (χ0n) is 10.5. The average molecular weight is 243 g/mol. The fraction of sp³-hybridized carbons (Fsp3) is 0.818. The Hall–Kier alpha value is -1.14. The van der Waals surface area contributed by atoms with Crippen LogP contribution in [-0.4, -0.2) is 47.6 Å². The number of carbonyl (C=O) groups is 2. The predicted molar refractivity (Wildman–Crippen MR) is 62.9 cm³/mol. The summed E-state index contributed by atoms with van der Waals surface area (Å²) < 4.78 is 0. The molecule has 1 aliphatic rings. The monoisotopic (exact) mass is 243 g/mol. The van der Waals surface area contributed by atoms with Crippen LogP contribution in [0, 0.1) is 0 Å². The normalized spacial score (nSPS) is 18.1. The molecule has 6 heteroatoms. The van der Waals surface area contributed by atoms with E-state index in [-0.39, 0.29) is 18.4 Å². The van der Waals surface area contributed by atoms with Crippen molar-refractivity contribution in [3.05, 3.63) is 0 Å². The smallest absolute Gasteiger partial charge is 0.252 e. The van der Waals surface area contributed by atoms with Crippen LogP contribution in [0.4, 0.5) is 0 Å². The van der Waals surface area contributed by atoms with E-state index >= 15 is 0 Å². The Bertz CT molecular complexity index is 288. The Balaban J connectivity index is 2.26. The topological polar surface area (TPSA) is 81.7 Å². The zero-order valence-corrected chi connectivity index (χ0v) is 10.5. The molecule has 1 fully saturated rings. The van der Waals surface area contributed by atoms with Crippen molar-refractivity contribution in [1.82, 2.24) is 15.8 Å². The minimum atomic E-state index is -0.650. The Morgan fingerprint density at radius 2 is 1.88 bits per heavy atom. The van der Waals surface area contributed by atoms with Crippen LogP contribution >= 0.6 is 0 Å². The third kappa shape index (κ3) is 5.14. The Kier molecular flexibility index (Phi) is 4.89. The molecule has 1 rings (SSSR count). The zero-order chi connectivity index (χ0) is 12.9. The van der Waals surface area contributed by atoms with Gasteiger partial charge in [0.2, 0.25) is 5.91 Å². The molecule has 0 unspecified atom stereocenters. The molecule has 1 aliphatic carbocycles. The van der Waals surface area contributed by atoms with Gasteiger partial charge in [0.05, 0.1) is 12.1 Å². The highest BCUT2D eigenvalue weighted by Crippen LogP contribution is 2.29.